The molecule has 0 saturated heterocycles. The highest BCUT2D eigenvalue weighted by atomic mass is 19.4. The molecule has 1 N–H and O–H groups in total. The van der Waals surface area contributed by atoms with Gasteiger partial charge in [0, 0.05) is 25.4 Å². The third kappa shape index (κ3) is 3.45. The lowest BCUT2D eigenvalue weighted by atomic mass is 10.0. The van der Waals surface area contributed by atoms with Crippen LogP contribution < -0.4 is 10.9 Å². The zero-order valence-electron chi connectivity index (χ0n) is 11.6. The quantitative estimate of drug-likeness (QED) is 0.939. The molecule has 0 bridgehead atoms. The maximum absolute atomic E-state index is 13.0. The van der Waals surface area contributed by atoms with Crippen molar-refractivity contribution in [2.45, 2.75) is 19.1 Å². The molecule has 1 atom stereocenters. The molecule has 6 heteroatoms. The Morgan fingerprint density at radius 1 is 1.14 bits per heavy atom. The van der Waals surface area contributed by atoms with E-state index >= 15 is 0 Å². The van der Waals surface area contributed by atoms with Gasteiger partial charge in [0.15, 0.2) is 0 Å². The number of nitrogens with zero attached hydrogens (tertiary/aromatic N) is 1. The lowest BCUT2D eigenvalue weighted by molar-refractivity contribution is -0.138. The summed E-state index contributed by atoms with van der Waals surface area (Å²) >= 11 is 0. The first-order valence-electron chi connectivity index (χ1n) is 6.38. The minimum absolute atomic E-state index is 0.166. The summed E-state index contributed by atoms with van der Waals surface area (Å²) in [6.45, 7) is 1.65. The minimum Gasteiger partial charge on any atom is -0.377 e. The van der Waals surface area contributed by atoms with E-state index < -0.39 is 17.8 Å². The molecule has 112 valence electrons. The second kappa shape index (κ2) is 5.63. The Bertz CT molecular complexity index is 692. The molecule has 0 amide bonds. The van der Waals surface area contributed by atoms with Crippen LogP contribution in [-0.2, 0) is 13.2 Å². The van der Waals surface area contributed by atoms with Gasteiger partial charge in [-0.25, -0.2) is 0 Å². The lowest BCUT2D eigenvalue weighted by Gasteiger charge is -2.20. The van der Waals surface area contributed by atoms with E-state index in [4.69, 9.17) is 0 Å². The Morgan fingerprint density at radius 3 is 2.43 bits per heavy atom. The molecule has 0 spiro atoms. The van der Waals surface area contributed by atoms with Gasteiger partial charge in [-0.2, -0.15) is 13.2 Å². The van der Waals surface area contributed by atoms with Crippen LogP contribution in [0.25, 0.3) is 0 Å². The van der Waals surface area contributed by atoms with E-state index in [0.29, 0.717) is 5.69 Å². The second-order valence-electron chi connectivity index (χ2n) is 4.82. The number of aryl methyl sites for hydroxylation is 1. The van der Waals surface area contributed by atoms with Crippen LogP contribution in [0, 0.1) is 0 Å². The smallest absolute Gasteiger partial charge is 0.377 e. The van der Waals surface area contributed by atoms with E-state index in [1.807, 2.05) is 0 Å². The van der Waals surface area contributed by atoms with Gasteiger partial charge < -0.3 is 9.88 Å². The topological polar surface area (TPSA) is 34.0 Å². The maximum Gasteiger partial charge on any atom is 0.416 e. The summed E-state index contributed by atoms with van der Waals surface area (Å²) in [5.41, 5.74) is -0.0841. The molecule has 1 unspecified atom stereocenters. The summed E-state index contributed by atoms with van der Waals surface area (Å²) in [5, 5.41) is 2.98. The molecule has 0 radical (unpaired) electrons. The van der Waals surface area contributed by atoms with E-state index in [9.17, 15) is 18.0 Å². The molecule has 2 rings (SSSR count). The number of hydrogen-bond donors (Lipinski definition) is 1. The van der Waals surface area contributed by atoms with Gasteiger partial charge in [-0.1, -0.05) is 18.2 Å². The third-order valence-electron chi connectivity index (χ3n) is 3.20. The number of hydrogen-bond acceptors (Lipinski definition) is 2. The standard InChI is InChI=1S/C15H15F3N2O/c1-10(19-11-7-8-14(21)20(2)9-11)12-5-3-4-6-13(12)15(16,17)18/h3-10,19H,1-2H3. The van der Waals surface area contributed by atoms with Crippen LogP contribution in [0.5, 0.6) is 0 Å². The van der Waals surface area contributed by atoms with Gasteiger partial charge >= 0.3 is 6.18 Å². The molecule has 0 aliphatic heterocycles. The molecule has 1 aromatic carbocycles. The van der Waals surface area contributed by atoms with E-state index in [1.54, 1.807) is 32.3 Å². The molecule has 0 aliphatic rings. The van der Waals surface area contributed by atoms with Crippen molar-refractivity contribution in [3.05, 3.63) is 64.1 Å². The van der Waals surface area contributed by atoms with Crippen LogP contribution in [0.2, 0.25) is 0 Å². The third-order valence-corrected chi connectivity index (χ3v) is 3.20. The highest BCUT2D eigenvalue weighted by Crippen LogP contribution is 2.35. The van der Waals surface area contributed by atoms with Crippen LogP contribution >= 0.6 is 0 Å². The van der Waals surface area contributed by atoms with Crippen molar-refractivity contribution in [2.24, 2.45) is 7.05 Å². The Kier molecular flexibility index (Phi) is 4.06. The van der Waals surface area contributed by atoms with E-state index in [1.165, 1.54) is 22.8 Å². The number of aromatic nitrogens is 1. The highest BCUT2D eigenvalue weighted by Gasteiger charge is 2.34. The Morgan fingerprint density at radius 2 is 1.81 bits per heavy atom. The van der Waals surface area contributed by atoms with E-state index in [2.05, 4.69) is 5.32 Å². The zero-order chi connectivity index (χ0) is 15.6. The predicted octanol–water partition coefficient (Wildman–Crippen LogP) is 3.58. The van der Waals surface area contributed by atoms with Crippen LogP contribution in [0.4, 0.5) is 18.9 Å². The molecule has 1 aromatic heterocycles. The fourth-order valence-electron chi connectivity index (χ4n) is 2.14. The maximum atomic E-state index is 13.0. The monoisotopic (exact) mass is 296 g/mol. The van der Waals surface area contributed by atoms with Gasteiger partial charge in [0.25, 0.3) is 0 Å². The Labute approximate surface area is 120 Å². The van der Waals surface area contributed by atoms with Gasteiger partial charge in [-0.15, -0.1) is 0 Å². The van der Waals surface area contributed by atoms with Crippen LogP contribution in [0.15, 0.2) is 47.4 Å². The summed E-state index contributed by atoms with van der Waals surface area (Å²) < 4.78 is 40.3. The molecular formula is C15H15F3N2O. The summed E-state index contributed by atoms with van der Waals surface area (Å²) in [5.74, 6) is 0. The number of benzene rings is 1. The highest BCUT2D eigenvalue weighted by molar-refractivity contribution is 5.45. The molecule has 21 heavy (non-hydrogen) atoms. The Balaban J connectivity index is 2.30. The van der Waals surface area contributed by atoms with Crippen molar-refractivity contribution in [1.82, 2.24) is 4.57 Å². The molecule has 2 aromatic rings. The van der Waals surface area contributed by atoms with Crippen molar-refractivity contribution in [1.29, 1.82) is 0 Å². The predicted molar refractivity (Wildman–Crippen MR) is 75.2 cm³/mol. The number of pyridine rings is 1. The zero-order valence-corrected chi connectivity index (χ0v) is 11.6. The Hall–Kier alpha value is -2.24. The van der Waals surface area contributed by atoms with Crippen molar-refractivity contribution in [3.8, 4) is 0 Å². The minimum atomic E-state index is -4.39. The average Bonchev–Trinajstić information content (AvgIpc) is 2.42. The van der Waals surface area contributed by atoms with Gasteiger partial charge in [0.2, 0.25) is 5.56 Å². The van der Waals surface area contributed by atoms with Crippen LogP contribution in [0.3, 0.4) is 0 Å². The van der Waals surface area contributed by atoms with Gasteiger partial charge in [0.05, 0.1) is 11.3 Å². The van der Waals surface area contributed by atoms with Gasteiger partial charge in [-0.3, -0.25) is 4.79 Å². The normalized spacial score (nSPS) is 13.0. The summed E-state index contributed by atoms with van der Waals surface area (Å²) in [7, 11) is 1.59. The molecule has 0 fully saturated rings. The van der Waals surface area contributed by atoms with Gasteiger partial charge in [0.1, 0.15) is 0 Å². The number of rotatable bonds is 3. The molecule has 0 saturated carbocycles. The molecular weight excluding hydrogens is 281 g/mol. The SMILES string of the molecule is CC(Nc1ccc(=O)n(C)c1)c1ccccc1C(F)(F)F. The van der Waals surface area contributed by atoms with E-state index in [0.717, 1.165) is 6.07 Å². The fraction of sp³-hybridized carbons (Fsp3) is 0.267. The average molecular weight is 296 g/mol. The van der Waals surface area contributed by atoms with Crippen molar-refractivity contribution < 1.29 is 13.2 Å². The second-order valence-corrected chi connectivity index (χ2v) is 4.82. The molecule has 0 aliphatic carbocycles. The summed E-state index contributed by atoms with van der Waals surface area (Å²) in [6, 6.07) is 7.82. The lowest BCUT2D eigenvalue weighted by Crippen LogP contribution is -2.18. The largest absolute Gasteiger partial charge is 0.416 e. The van der Waals surface area contributed by atoms with E-state index in [-0.39, 0.29) is 11.1 Å². The summed E-state index contributed by atoms with van der Waals surface area (Å²) in [4.78, 5) is 11.3. The van der Waals surface area contributed by atoms with Gasteiger partial charge in [-0.05, 0) is 24.6 Å². The number of nitrogens with one attached hydrogen (secondary N) is 1. The summed E-state index contributed by atoms with van der Waals surface area (Å²) in [6.07, 6.45) is -2.84. The first-order chi connectivity index (χ1) is 9.79. The number of halogens is 3. The number of anilines is 1. The number of alkyl halides is 3. The fourth-order valence-corrected chi connectivity index (χ4v) is 2.14. The van der Waals surface area contributed by atoms with Crippen LogP contribution in [-0.4, -0.2) is 4.57 Å². The van der Waals surface area contributed by atoms with Crippen molar-refractivity contribution in [3.63, 3.8) is 0 Å². The first kappa shape index (κ1) is 15.2. The van der Waals surface area contributed by atoms with Crippen molar-refractivity contribution >= 4 is 5.69 Å². The van der Waals surface area contributed by atoms with Crippen LogP contribution in [0.1, 0.15) is 24.1 Å². The van der Waals surface area contributed by atoms with Crippen molar-refractivity contribution in [2.75, 3.05) is 5.32 Å². The first-order valence-corrected chi connectivity index (χ1v) is 6.38. The molecule has 3 nitrogen and oxygen atoms in total. The molecule has 1 heterocycles.